The standard InChI is InChI=1S/C22H27ClN4O2.HI/c1-24-22(27(2)15-17-7-3-8-18(23)12-17)25-14-16-6-4-9-19(13-16)26-21(28)20-10-5-11-29-20;/h3-4,6-9,12-13,20H,5,10-11,14-15H2,1-2H3,(H,24,25)(H,26,28);1H. The Morgan fingerprint density at radius 2 is 2.00 bits per heavy atom. The molecule has 1 fully saturated rings. The average Bonchev–Trinajstić information content (AvgIpc) is 3.24. The van der Waals surface area contributed by atoms with Crippen LogP contribution in [0.2, 0.25) is 5.02 Å². The zero-order valence-corrected chi connectivity index (χ0v) is 20.3. The van der Waals surface area contributed by atoms with Gasteiger partial charge in [-0.1, -0.05) is 35.9 Å². The Morgan fingerprint density at radius 3 is 2.70 bits per heavy atom. The highest BCUT2D eigenvalue weighted by atomic mass is 127. The number of ether oxygens (including phenoxy) is 1. The van der Waals surface area contributed by atoms with Crippen LogP contribution >= 0.6 is 35.6 Å². The zero-order chi connectivity index (χ0) is 20.6. The third-order valence-corrected chi connectivity index (χ3v) is 4.98. The Hall–Kier alpha value is -1.84. The first-order valence-corrected chi connectivity index (χ1v) is 10.1. The van der Waals surface area contributed by atoms with E-state index in [1.54, 1.807) is 7.05 Å². The van der Waals surface area contributed by atoms with Crippen molar-refractivity contribution in [1.29, 1.82) is 0 Å². The van der Waals surface area contributed by atoms with Gasteiger partial charge in [0.1, 0.15) is 6.10 Å². The predicted octanol–water partition coefficient (Wildman–Crippen LogP) is 4.28. The molecular weight excluding hydrogens is 515 g/mol. The van der Waals surface area contributed by atoms with Crippen molar-refractivity contribution in [2.45, 2.75) is 32.0 Å². The van der Waals surface area contributed by atoms with Crippen molar-refractivity contribution >= 4 is 53.1 Å². The second kappa shape index (κ2) is 12.1. The molecule has 30 heavy (non-hydrogen) atoms. The molecule has 2 aromatic rings. The molecule has 1 atom stereocenters. The number of carbonyl (C=O) groups is 1. The molecule has 1 heterocycles. The number of anilines is 1. The first kappa shape index (κ1) is 24.4. The molecule has 6 nitrogen and oxygen atoms in total. The minimum Gasteiger partial charge on any atom is -0.368 e. The number of amides is 1. The molecule has 8 heteroatoms. The van der Waals surface area contributed by atoms with Crippen LogP contribution in [-0.2, 0) is 22.6 Å². The smallest absolute Gasteiger partial charge is 0.253 e. The third kappa shape index (κ3) is 7.14. The molecule has 0 saturated carbocycles. The number of carbonyl (C=O) groups excluding carboxylic acids is 1. The van der Waals surface area contributed by atoms with Crippen molar-refractivity contribution in [3.63, 3.8) is 0 Å². The van der Waals surface area contributed by atoms with E-state index in [2.05, 4.69) is 15.6 Å². The van der Waals surface area contributed by atoms with E-state index in [0.717, 1.165) is 40.6 Å². The lowest BCUT2D eigenvalue weighted by molar-refractivity contribution is -0.124. The van der Waals surface area contributed by atoms with Crippen LogP contribution in [0.4, 0.5) is 5.69 Å². The number of halogens is 2. The van der Waals surface area contributed by atoms with E-state index in [1.165, 1.54) is 0 Å². The van der Waals surface area contributed by atoms with Gasteiger partial charge in [0.05, 0.1) is 0 Å². The van der Waals surface area contributed by atoms with E-state index in [1.807, 2.05) is 60.5 Å². The summed E-state index contributed by atoms with van der Waals surface area (Å²) in [6.45, 7) is 1.94. The highest BCUT2D eigenvalue weighted by Crippen LogP contribution is 2.16. The number of rotatable bonds is 6. The normalized spacial score (nSPS) is 16.0. The number of nitrogens with zero attached hydrogens (tertiary/aromatic N) is 2. The van der Waals surface area contributed by atoms with Gasteiger partial charge in [-0.2, -0.15) is 0 Å². The van der Waals surface area contributed by atoms with Crippen LogP contribution in [-0.4, -0.2) is 43.6 Å². The maximum absolute atomic E-state index is 12.2. The maximum Gasteiger partial charge on any atom is 0.253 e. The third-order valence-electron chi connectivity index (χ3n) is 4.75. The molecule has 0 spiro atoms. The van der Waals surface area contributed by atoms with Crippen molar-refractivity contribution in [2.75, 3.05) is 26.0 Å². The fraction of sp³-hybridized carbons (Fsp3) is 0.364. The van der Waals surface area contributed by atoms with Crippen molar-refractivity contribution < 1.29 is 9.53 Å². The first-order chi connectivity index (χ1) is 14.0. The minimum absolute atomic E-state index is 0. The van der Waals surface area contributed by atoms with Crippen molar-refractivity contribution in [1.82, 2.24) is 10.2 Å². The Labute approximate surface area is 200 Å². The van der Waals surface area contributed by atoms with Crippen LogP contribution in [0.1, 0.15) is 24.0 Å². The van der Waals surface area contributed by atoms with E-state index in [0.29, 0.717) is 19.7 Å². The Balaban J connectivity index is 0.00000320. The van der Waals surface area contributed by atoms with Crippen LogP contribution in [0.15, 0.2) is 53.5 Å². The van der Waals surface area contributed by atoms with Crippen molar-refractivity contribution in [3.8, 4) is 0 Å². The quantitative estimate of drug-likeness (QED) is 0.325. The van der Waals surface area contributed by atoms with Gasteiger partial charge in [0, 0.05) is 44.5 Å². The van der Waals surface area contributed by atoms with Gasteiger partial charge >= 0.3 is 0 Å². The van der Waals surface area contributed by atoms with Gasteiger partial charge in [-0.3, -0.25) is 9.79 Å². The zero-order valence-electron chi connectivity index (χ0n) is 17.2. The number of hydrogen-bond acceptors (Lipinski definition) is 3. The highest BCUT2D eigenvalue weighted by molar-refractivity contribution is 14.0. The summed E-state index contributed by atoms with van der Waals surface area (Å²) in [6.07, 6.45) is 1.38. The van der Waals surface area contributed by atoms with Gasteiger partial charge < -0.3 is 20.3 Å². The first-order valence-electron chi connectivity index (χ1n) is 9.73. The fourth-order valence-electron chi connectivity index (χ4n) is 3.32. The molecule has 1 amide bonds. The second-order valence-electron chi connectivity index (χ2n) is 7.08. The summed E-state index contributed by atoms with van der Waals surface area (Å²) in [4.78, 5) is 18.6. The van der Waals surface area contributed by atoms with Gasteiger partial charge in [0.25, 0.3) is 5.91 Å². The lowest BCUT2D eigenvalue weighted by Crippen LogP contribution is -2.38. The van der Waals surface area contributed by atoms with Crippen molar-refractivity contribution in [3.05, 3.63) is 64.7 Å². The van der Waals surface area contributed by atoms with Gasteiger partial charge in [0.15, 0.2) is 5.96 Å². The van der Waals surface area contributed by atoms with E-state index in [-0.39, 0.29) is 36.0 Å². The highest BCUT2D eigenvalue weighted by Gasteiger charge is 2.23. The molecular formula is C22H28ClIN4O2. The topological polar surface area (TPSA) is 66.0 Å². The van der Waals surface area contributed by atoms with Gasteiger partial charge in [-0.05, 0) is 48.2 Å². The number of aliphatic imine (C=N–C) groups is 1. The summed E-state index contributed by atoms with van der Waals surface area (Å²) in [5, 5.41) is 7.03. The Bertz CT molecular complexity index is 872. The van der Waals surface area contributed by atoms with E-state index in [4.69, 9.17) is 16.3 Å². The van der Waals surface area contributed by atoms with Crippen molar-refractivity contribution in [2.24, 2.45) is 4.99 Å². The minimum atomic E-state index is -0.337. The molecule has 0 bridgehead atoms. The Kier molecular flexibility index (Phi) is 9.87. The lowest BCUT2D eigenvalue weighted by atomic mass is 10.2. The van der Waals surface area contributed by atoms with Crippen LogP contribution in [0.25, 0.3) is 0 Å². The van der Waals surface area contributed by atoms with Crippen LogP contribution in [0.3, 0.4) is 0 Å². The molecule has 0 aromatic heterocycles. The van der Waals surface area contributed by atoms with Crippen LogP contribution in [0.5, 0.6) is 0 Å². The summed E-state index contributed by atoms with van der Waals surface area (Å²) < 4.78 is 5.44. The SMILES string of the molecule is CN=C(NCc1cccc(NC(=O)C2CCCO2)c1)N(C)Cc1cccc(Cl)c1.I. The van der Waals surface area contributed by atoms with E-state index < -0.39 is 0 Å². The summed E-state index contributed by atoms with van der Waals surface area (Å²) in [7, 11) is 3.74. The maximum atomic E-state index is 12.2. The number of nitrogens with one attached hydrogen (secondary N) is 2. The van der Waals surface area contributed by atoms with Gasteiger partial charge in [-0.25, -0.2) is 0 Å². The molecule has 2 aromatic carbocycles. The molecule has 0 radical (unpaired) electrons. The van der Waals surface area contributed by atoms with Crippen LogP contribution < -0.4 is 10.6 Å². The lowest BCUT2D eigenvalue weighted by Gasteiger charge is -2.22. The predicted molar refractivity (Wildman–Crippen MR) is 133 cm³/mol. The molecule has 1 unspecified atom stereocenters. The molecule has 2 N–H and O–H groups in total. The number of guanidine groups is 1. The van der Waals surface area contributed by atoms with E-state index in [9.17, 15) is 4.79 Å². The molecule has 3 rings (SSSR count). The number of benzene rings is 2. The summed E-state index contributed by atoms with van der Waals surface area (Å²) in [5.41, 5.74) is 2.93. The monoisotopic (exact) mass is 542 g/mol. The fourth-order valence-corrected chi connectivity index (χ4v) is 3.53. The molecule has 0 aliphatic carbocycles. The van der Waals surface area contributed by atoms with Gasteiger partial charge in [0.2, 0.25) is 0 Å². The summed E-state index contributed by atoms with van der Waals surface area (Å²) >= 11 is 6.07. The molecule has 1 aliphatic rings. The molecule has 162 valence electrons. The molecule has 1 saturated heterocycles. The summed E-state index contributed by atoms with van der Waals surface area (Å²) in [6, 6.07) is 15.6. The van der Waals surface area contributed by atoms with Crippen LogP contribution in [0, 0.1) is 0 Å². The average molecular weight is 543 g/mol. The second-order valence-corrected chi connectivity index (χ2v) is 7.51. The Morgan fingerprint density at radius 1 is 1.23 bits per heavy atom. The summed E-state index contributed by atoms with van der Waals surface area (Å²) in [5.74, 6) is 0.698. The van der Waals surface area contributed by atoms with Gasteiger partial charge in [-0.15, -0.1) is 24.0 Å². The number of hydrogen-bond donors (Lipinski definition) is 2. The largest absolute Gasteiger partial charge is 0.368 e. The van der Waals surface area contributed by atoms with E-state index >= 15 is 0 Å². The molecule has 1 aliphatic heterocycles.